The molecular formula is C17H34N2O. The van der Waals surface area contributed by atoms with Gasteiger partial charge in [-0.1, -0.05) is 12.8 Å². The Hall–Kier alpha value is -0.120. The van der Waals surface area contributed by atoms with Crippen molar-refractivity contribution in [2.45, 2.75) is 82.4 Å². The molecule has 0 aromatic heterocycles. The topological polar surface area (TPSA) is 24.5 Å². The lowest BCUT2D eigenvalue weighted by atomic mass is 9.82. The molecule has 1 saturated heterocycles. The van der Waals surface area contributed by atoms with E-state index in [1.165, 1.54) is 58.0 Å². The highest BCUT2D eigenvalue weighted by Crippen LogP contribution is 2.41. The van der Waals surface area contributed by atoms with Gasteiger partial charge in [-0.2, -0.15) is 0 Å². The zero-order valence-corrected chi connectivity index (χ0v) is 14.0. The van der Waals surface area contributed by atoms with Crippen molar-refractivity contribution in [3.8, 4) is 0 Å². The highest BCUT2D eigenvalue weighted by Gasteiger charge is 2.46. The number of methoxy groups -OCH3 is 1. The molecular weight excluding hydrogens is 248 g/mol. The monoisotopic (exact) mass is 282 g/mol. The second-order valence-corrected chi connectivity index (χ2v) is 7.35. The number of nitrogens with zero attached hydrogens (tertiary/aromatic N) is 1. The van der Waals surface area contributed by atoms with Crippen molar-refractivity contribution < 1.29 is 4.74 Å². The molecule has 2 fully saturated rings. The molecule has 1 aliphatic heterocycles. The minimum atomic E-state index is -0.0000957. The third kappa shape index (κ3) is 3.37. The number of nitrogens with one attached hydrogen (secondary N) is 1. The van der Waals surface area contributed by atoms with E-state index in [4.69, 9.17) is 4.74 Å². The Morgan fingerprint density at radius 3 is 2.25 bits per heavy atom. The SMILES string of the molecule is CNC(CCC(C)(C)OC)C1(N2CCCC2)CCCC1. The maximum Gasteiger partial charge on any atom is 0.0623 e. The van der Waals surface area contributed by atoms with Gasteiger partial charge < -0.3 is 10.1 Å². The fraction of sp³-hybridized carbons (Fsp3) is 1.00. The fourth-order valence-electron chi connectivity index (χ4n) is 4.31. The predicted octanol–water partition coefficient (Wildman–Crippen LogP) is 3.19. The lowest BCUT2D eigenvalue weighted by Crippen LogP contribution is -2.58. The first kappa shape index (κ1) is 16.3. The molecule has 1 unspecified atom stereocenters. The van der Waals surface area contributed by atoms with Gasteiger partial charge in [-0.15, -0.1) is 0 Å². The van der Waals surface area contributed by atoms with Crippen LogP contribution >= 0.6 is 0 Å². The van der Waals surface area contributed by atoms with Crippen molar-refractivity contribution in [2.75, 3.05) is 27.2 Å². The Bertz CT molecular complexity index is 291. The van der Waals surface area contributed by atoms with Gasteiger partial charge in [0.2, 0.25) is 0 Å². The quantitative estimate of drug-likeness (QED) is 0.776. The molecule has 1 N–H and O–H groups in total. The number of ether oxygens (including phenoxy) is 1. The first-order valence-electron chi connectivity index (χ1n) is 8.51. The molecule has 0 aromatic carbocycles. The summed E-state index contributed by atoms with van der Waals surface area (Å²) in [5.74, 6) is 0. The normalized spacial score (nSPS) is 25.2. The standard InChI is InChI=1S/C17H34N2O/c1-16(2,20-4)12-9-15(18-3)17(10-5-6-11-17)19-13-7-8-14-19/h15,18H,5-14H2,1-4H3. The highest BCUT2D eigenvalue weighted by molar-refractivity contribution is 5.04. The molecule has 3 nitrogen and oxygen atoms in total. The molecule has 20 heavy (non-hydrogen) atoms. The van der Waals surface area contributed by atoms with Crippen molar-refractivity contribution in [3.05, 3.63) is 0 Å². The van der Waals surface area contributed by atoms with Crippen LogP contribution < -0.4 is 5.32 Å². The number of likely N-dealkylation sites (tertiary alicyclic amines) is 1. The Balaban J connectivity index is 2.05. The number of hydrogen-bond donors (Lipinski definition) is 1. The first-order valence-corrected chi connectivity index (χ1v) is 8.51. The number of rotatable bonds is 7. The Kier molecular flexibility index (Phi) is 5.49. The summed E-state index contributed by atoms with van der Waals surface area (Å²) >= 11 is 0. The number of likely N-dealkylation sites (N-methyl/N-ethyl adjacent to an activating group) is 1. The zero-order chi connectivity index (χ0) is 14.6. The summed E-state index contributed by atoms with van der Waals surface area (Å²) in [6.07, 6.45) is 10.7. The maximum absolute atomic E-state index is 5.61. The van der Waals surface area contributed by atoms with Gasteiger partial charge in [0.05, 0.1) is 5.60 Å². The summed E-state index contributed by atoms with van der Waals surface area (Å²) in [7, 11) is 3.99. The summed E-state index contributed by atoms with van der Waals surface area (Å²) in [5, 5.41) is 3.66. The molecule has 1 aliphatic carbocycles. The van der Waals surface area contributed by atoms with Crippen molar-refractivity contribution in [2.24, 2.45) is 0 Å². The second-order valence-electron chi connectivity index (χ2n) is 7.35. The zero-order valence-electron chi connectivity index (χ0n) is 14.0. The van der Waals surface area contributed by atoms with Crippen LogP contribution in [0.25, 0.3) is 0 Å². The van der Waals surface area contributed by atoms with Crippen LogP contribution in [0.4, 0.5) is 0 Å². The van der Waals surface area contributed by atoms with Gasteiger partial charge >= 0.3 is 0 Å². The average molecular weight is 282 g/mol. The molecule has 0 bridgehead atoms. The van der Waals surface area contributed by atoms with Crippen molar-refractivity contribution in [3.63, 3.8) is 0 Å². The lowest BCUT2D eigenvalue weighted by molar-refractivity contribution is 0.00205. The van der Waals surface area contributed by atoms with Gasteiger partial charge in [-0.3, -0.25) is 4.90 Å². The minimum absolute atomic E-state index is 0.0000957. The van der Waals surface area contributed by atoms with Crippen LogP contribution in [0, 0.1) is 0 Å². The summed E-state index contributed by atoms with van der Waals surface area (Å²) < 4.78 is 5.61. The lowest BCUT2D eigenvalue weighted by Gasteiger charge is -2.46. The van der Waals surface area contributed by atoms with E-state index in [0.717, 1.165) is 6.42 Å². The van der Waals surface area contributed by atoms with Crippen molar-refractivity contribution in [1.82, 2.24) is 10.2 Å². The largest absolute Gasteiger partial charge is 0.379 e. The molecule has 0 aromatic rings. The smallest absolute Gasteiger partial charge is 0.0623 e. The average Bonchev–Trinajstić information content (AvgIpc) is 3.11. The van der Waals surface area contributed by atoms with Gasteiger partial charge in [0, 0.05) is 18.7 Å². The number of hydrogen-bond acceptors (Lipinski definition) is 3. The Morgan fingerprint density at radius 2 is 1.75 bits per heavy atom. The summed E-state index contributed by atoms with van der Waals surface area (Å²) in [6, 6.07) is 0.609. The van der Waals surface area contributed by atoms with E-state index in [2.05, 4.69) is 31.1 Å². The summed E-state index contributed by atoms with van der Waals surface area (Å²) in [4.78, 5) is 2.81. The van der Waals surface area contributed by atoms with E-state index in [1.807, 2.05) is 7.11 Å². The van der Waals surface area contributed by atoms with Gasteiger partial charge in [0.1, 0.15) is 0 Å². The predicted molar refractivity (Wildman–Crippen MR) is 85.2 cm³/mol. The van der Waals surface area contributed by atoms with Crippen LogP contribution in [0.2, 0.25) is 0 Å². The molecule has 118 valence electrons. The van der Waals surface area contributed by atoms with E-state index < -0.39 is 0 Å². The third-order valence-electron chi connectivity index (χ3n) is 5.79. The van der Waals surface area contributed by atoms with E-state index in [9.17, 15) is 0 Å². The molecule has 0 radical (unpaired) electrons. The van der Waals surface area contributed by atoms with E-state index in [0.29, 0.717) is 11.6 Å². The highest BCUT2D eigenvalue weighted by atomic mass is 16.5. The molecule has 2 rings (SSSR count). The second kappa shape index (κ2) is 6.76. The minimum Gasteiger partial charge on any atom is -0.379 e. The van der Waals surface area contributed by atoms with E-state index in [-0.39, 0.29) is 5.60 Å². The van der Waals surface area contributed by atoms with Crippen LogP contribution in [-0.2, 0) is 4.74 Å². The molecule has 0 spiro atoms. The molecule has 1 saturated carbocycles. The first-order chi connectivity index (χ1) is 9.54. The van der Waals surface area contributed by atoms with Gasteiger partial charge in [0.15, 0.2) is 0 Å². The Labute approximate surface area is 125 Å². The van der Waals surface area contributed by atoms with Crippen LogP contribution in [0.3, 0.4) is 0 Å². The van der Waals surface area contributed by atoms with Crippen molar-refractivity contribution >= 4 is 0 Å². The van der Waals surface area contributed by atoms with Gasteiger partial charge in [0.25, 0.3) is 0 Å². The fourth-order valence-corrected chi connectivity index (χ4v) is 4.31. The van der Waals surface area contributed by atoms with Crippen LogP contribution in [0.1, 0.15) is 65.2 Å². The molecule has 3 heteroatoms. The van der Waals surface area contributed by atoms with Crippen LogP contribution in [0.15, 0.2) is 0 Å². The summed E-state index contributed by atoms with van der Waals surface area (Å²) in [5.41, 5.74) is 0.426. The summed E-state index contributed by atoms with van der Waals surface area (Å²) in [6.45, 7) is 7.03. The third-order valence-corrected chi connectivity index (χ3v) is 5.79. The maximum atomic E-state index is 5.61. The van der Waals surface area contributed by atoms with E-state index >= 15 is 0 Å². The van der Waals surface area contributed by atoms with Crippen LogP contribution in [-0.4, -0.2) is 49.3 Å². The molecule has 1 atom stereocenters. The van der Waals surface area contributed by atoms with Crippen molar-refractivity contribution in [1.29, 1.82) is 0 Å². The van der Waals surface area contributed by atoms with E-state index in [1.54, 1.807) is 0 Å². The molecule has 1 heterocycles. The van der Waals surface area contributed by atoms with Gasteiger partial charge in [-0.25, -0.2) is 0 Å². The Morgan fingerprint density at radius 1 is 1.15 bits per heavy atom. The molecule has 2 aliphatic rings. The van der Waals surface area contributed by atoms with Crippen LogP contribution in [0.5, 0.6) is 0 Å². The van der Waals surface area contributed by atoms with Gasteiger partial charge in [-0.05, 0) is 72.5 Å². The molecule has 0 amide bonds.